The van der Waals surface area contributed by atoms with Gasteiger partial charge in [0.15, 0.2) is 0 Å². The predicted molar refractivity (Wildman–Crippen MR) is 80.2 cm³/mol. The van der Waals surface area contributed by atoms with E-state index < -0.39 is 0 Å². The van der Waals surface area contributed by atoms with Crippen molar-refractivity contribution >= 4 is 17.0 Å². The van der Waals surface area contributed by atoms with Gasteiger partial charge < -0.3 is 10.1 Å². The number of hydrogen-bond donors (Lipinski definition) is 1. The first kappa shape index (κ1) is 12.5. The fraction of sp³-hybridized carbons (Fsp3) is 0.400. The SMILES string of the molecule is CC1CNc2cc(-c3csc(C(C)C)n3)ccc2O1. The Bertz CT molecular complexity index is 592. The van der Waals surface area contributed by atoms with Crippen molar-refractivity contribution in [2.75, 3.05) is 11.9 Å². The van der Waals surface area contributed by atoms with E-state index in [0.717, 1.165) is 29.2 Å². The Balaban J connectivity index is 1.93. The molecule has 0 fully saturated rings. The monoisotopic (exact) mass is 274 g/mol. The number of benzene rings is 1. The number of nitrogens with zero attached hydrogens (tertiary/aromatic N) is 1. The molecule has 0 saturated heterocycles. The van der Waals surface area contributed by atoms with Gasteiger partial charge in [-0.25, -0.2) is 4.98 Å². The van der Waals surface area contributed by atoms with Gasteiger partial charge in [0.2, 0.25) is 0 Å². The Morgan fingerprint density at radius 3 is 3.00 bits per heavy atom. The highest BCUT2D eigenvalue weighted by atomic mass is 32.1. The van der Waals surface area contributed by atoms with Gasteiger partial charge in [-0.3, -0.25) is 0 Å². The van der Waals surface area contributed by atoms with Crippen LogP contribution in [-0.4, -0.2) is 17.6 Å². The molecule has 100 valence electrons. The summed E-state index contributed by atoms with van der Waals surface area (Å²) in [5.41, 5.74) is 3.26. The van der Waals surface area contributed by atoms with Crippen LogP contribution in [0.2, 0.25) is 0 Å². The summed E-state index contributed by atoms with van der Waals surface area (Å²) in [6.45, 7) is 7.27. The van der Waals surface area contributed by atoms with Gasteiger partial charge in [0.25, 0.3) is 0 Å². The number of ether oxygens (including phenoxy) is 1. The van der Waals surface area contributed by atoms with E-state index in [0.29, 0.717) is 5.92 Å². The van der Waals surface area contributed by atoms with Gasteiger partial charge in [0.05, 0.1) is 22.9 Å². The van der Waals surface area contributed by atoms with Crippen molar-refractivity contribution in [3.63, 3.8) is 0 Å². The average molecular weight is 274 g/mol. The van der Waals surface area contributed by atoms with Crippen molar-refractivity contribution in [2.45, 2.75) is 32.8 Å². The molecule has 0 spiro atoms. The molecule has 3 nitrogen and oxygen atoms in total. The van der Waals surface area contributed by atoms with Crippen molar-refractivity contribution < 1.29 is 4.74 Å². The number of thiazole rings is 1. The molecule has 19 heavy (non-hydrogen) atoms. The molecule has 0 aliphatic carbocycles. The lowest BCUT2D eigenvalue weighted by atomic mass is 10.1. The van der Waals surface area contributed by atoms with Gasteiger partial charge in [-0.05, 0) is 25.1 Å². The van der Waals surface area contributed by atoms with Crippen LogP contribution in [-0.2, 0) is 0 Å². The van der Waals surface area contributed by atoms with Crippen LogP contribution < -0.4 is 10.1 Å². The van der Waals surface area contributed by atoms with Crippen molar-refractivity contribution in [1.29, 1.82) is 0 Å². The molecule has 0 bridgehead atoms. The minimum Gasteiger partial charge on any atom is -0.487 e. The minimum absolute atomic E-state index is 0.227. The number of anilines is 1. The van der Waals surface area contributed by atoms with E-state index in [-0.39, 0.29) is 6.10 Å². The third-order valence-corrected chi connectivity index (χ3v) is 4.34. The highest BCUT2D eigenvalue weighted by Gasteiger charge is 2.16. The topological polar surface area (TPSA) is 34.2 Å². The van der Waals surface area contributed by atoms with Crippen LogP contribution in [0.5, 0.6) is 5.75 Å². The molecule has 1 atom stereocenters. The molecule has 1 unspecified atom stereocenters. The maximum atomic E-state index is 5.79. The van der Waals surface area contributed by atoms with Crippen LogP contribution in [0.3, 0.4) is 0 Å². The summed E-state index contributed by atoms with van der Waals surface area (Å²) in [4.78, 5) is 4.69. The molecule has 2 aromatic rings. The molecule has 1 aliphatic rings. The van der Waals surface area contributed by atoms with Gasteiger partial charge in [-0.1, -0.05) is 13.8 Å². The molecule has 4 heteroatoms. The highest BCUT2D eigenvalue weighted by Crippen LogP contribution is 2.34. The summed E-state index contributed by atoms with van der Waals surface area (Å²) >= 11 is 1.73. The second-order valence-electron chi connectivity index (χ2n) is 5.25. The van der Waals surface area contributed by atoms with Crippen LogP contribution in [0.25, 0.3) is 11.3 Å². The highest BCUT2D eigenvalue weighted by molar-refractivity contribution is 7.10. The summed E-state index contributed by atoms with van der Waals surface area (Å²) in [6.07, 6.45) is 0.227. The van der Waals surface area contributed by atoms with Crippen molar-refractivity contribution in [3.8, 4) is 17.0 Å². The minimum atomic E-state index is 0.227. The van der Waals surface area contributed by atoms with Gasteiger partial charge >= 0.3 is 0 Å². The smallest absolute Gasteiger partial charge is 0.142 e. The summed E-state index contributed by atoms with van der Waals surface area (Å²) in [7, 11) is 0. The van der Waals surface area contributed by atoms with Crippen LogP contribution in [0, 0.1) is 0 Å². The molecule has 1 N–H and O–H groups in total. The molecular weight excluding hydrogens is 256 g/mol. The van der Waals surface area contributed by atoms with Gasteiger partial charge in [0, 0.05) is 16.9 Å². The molecular formula is C15H18N2OS. The second-order valence-corrected chi connectivity index (χ2v) is 6.14. The molecule has 0 amide bonds. The van der Waals surface area contributed by atoms with E-state index >= 15 is 0 Å². The lowest BCUT2D eigenvalue weighted by Gasteiger charge is -2.25. The molecule has 0 saturated carbocycles. The zero-order chi connectivity index (χ0) is 13.4. The maximum absolute atomic E-state index is 5.79. The number of rotatable bonds is 2. The fourth-order valence-corrected chi connectivity index (χ4v) is 2.97. The number of fused-ring (bicyclic) bond motifs is 1. The number of nitrogens with one attached hydrogen (secondary N) is 1. The lowest BCUT2D eigenvalue weighted by Crippen LogP contribution is -2.27. The first-order valence-electron chi connectivity index (χ1n) is 6.64. The van der Waals surface area contributed by atoms with Crippen LogP contribution in [0.1, 0.15) is 31.7 Å². The second kappa shape index (κ2) is 4.85. The third-order valence-electron chi connectivity index (χ3n) is 3.20. The Kier molecular flexibility index (Phi) is 3.19. The van der Waals surface area contributed by atoms with Crippen molar-refractivity contribution in [2.24, 2.45) is 0 Å². The first-order valence-corrected chi connectivity index (χ1v) is 7.52. The number of hydrogen-bond acceptors (Lipinski definition) is 4. The van der Waals surface area contributed by atoms with E-state index in [1.54, 1.807) is 11.3 Å². The molecule has 2 heterocycles. The Hall–Kier alpha value is -1.55. The van der Waals surface area contributed by atoms with E-state index in [2.05, 4.69) is 43.6 Å². The molecule has 1 aromatic carbocycles. The van der Waals surface area contributed by atoms with Crippen molar-refractivity contribution in [3.05, 3.63) is 28.6 Å². The Morgan fingerprint density at radius 1 is 1.42 bits per heavy atom. The Morgan fingerprint density at radius 2 is 2.26 bits per heavy atom. The standard InChI is InChI=1S/C15H18N2OS/c1-9(2)15-17-13(8-19-15)11-4-5-14-12(6-11)16-7-10(3)18-14/h4-6,8-10,16H,7H2,1-3H3. The van der Waals surface area contributed by atoms with Gasteiger partial charge in [0.1, 0.15) is 11.9 Å². The molecule has 3 rings (SSSR count). The lowest BCUT2D eigenvalue weighted by molar-refractivity contribution is 0.226. The van der Waals surface area contributed by atoms with E-state index in [1.165, 1.54) is 5.01 Å². The summed E-state index contributed by atoms with van der Waals surface area (Å²) in [6, 6.07) is 6.24. The van der Waals surface area contributed by atoms with Crippen LogP contribution >= 0.6 is 11.3 Å². The fourth-order valence-electron chi connectivity index (χ4n) is 2.13. The van der Waals surface area contributed by atoms with Gasteiger partial charge in [-0.15, -0.1) is 11.3 Å². The largest absolute Gasteiger partial charge is 0.487 e. The zero-order valence-corrected chi connectivity index (χ0v) is 12.3. The summed E-state index contributed by atoms with van der Waals surface area (Å²) < 4.78 is 5.79. The molecule has 1 aromatic heterocycles. The maximum Gasteiger partial charge on any atom is 0.142 e. The molecule has 1 aliphatic heterocycles. The summed E-state index contributed by atoms with van der Waals surface area (Å²) in [5, 5.41) is 6.72. The number of aromatic nitrogens is 1. The van der Waals surface area contributed by atoms with Crippen molar-refractivity contribution in [1.82, 2.24) is 4.98 Å². The van der Waals surface area contributed by atoms with E-state index in [4.69, 9.17) is 9.72 Å². The quantitative estimate of drug-likeness (QED) is 0.894. The average Bonchev–Trinajstić information content (AvgIpc) is 2.88. The van der Waals surface area contributed by atoms with E-state index in [1.807, 2.05) is 6.07 Å². The normalized spacial score (nSPS) is 17.8. The predicted octanol–water partition coefficient (Wildman–Crippen LogP) is 4.13. The first-order chi connectivity index (χ1) is 9.13. The van der Waals surface area contributed by atoms with E-state index in [9.17, 15) is 0 Å². The van der Waals surface area contributed by atoms with Crippen LogP contribution in [0.4, 0.5) is 5.69 Å². The van der Waals surface area contributed by atoms with Crippen LogP contribution in [0.15, 0.2) is 23.6 Å². The summed E-state index contributed by atoms with van der Waals surface area (Å²) in [5.74, 6) is 1.42. The molecule has 0 radical (unpaired) electrons. The Labute approximate surface area is 117 Å². The zero-order valence-electron chi connectivity index (χ0n) is 11.4. The third kappa shape index (κ3) is 2.45. The van der Waals surface area contributed by atoms with Gasteiger partial charge in [-0.2, -0.15) is 0 Å².